The molecule has 13 heavy (non-hydrogen) atoms. The highest BCUT2D eigenvalue weighted by Crippen LogP contribution is 2.20. The monoisotopic (exact) mass is 201 g/mol. The van der Waals surface area contributed by atoms with Crippen LogP contribution in [0.15, 0.2) is 11.6 Å². The molecule has 0 unspecified atom stereocenters. The maximum Gasteiger partial charge on any atom is 0.325 e. The van der Waals surface area contributed by atoms with Crippen LogP contribution in [0.5, 0.6) is 0 Å². The first-order chi connectivity index (χ1) is 6.15. The van der Waals surface area contributed by atoms with Gasteiger partial charge < -0.3 is 9.64 Å². The van der Waals surface area contributed by atoms with Crippen LogP contribution in [-0.4, -0.2) is 35.7 Å². The van der Waals surface area contributed by atoms with E-state index in [-0.39, 0.29) is 17.7 Å². The van der Waals surface area contributed by atoms with Crippen LogP contribution in [0.1, 0.15) is 6.92 Å². The Morgan fingerprint density at radius 3 is 3.08 bits per heavy atom. The quantitative estimate of drug-likeness (QED) is 0.614. The second kappa shape index (κ2) is 4.32. The summed E-state index contributed by atoms with van der Waals surface area (Å²) in [5.74, 6) is -0.463. The molecule has 1 amide bonds. The van der Waals surface area contributed by atoms with Gasteiger partial charge in [0.2, 0.25) is 5.91 Å². The van der Waals surface area contributed by atoms with E-state index in [4.69, 9.17) is 0 Å². The van der Waals surface area contributed by atoms with Gasteiger partial charge in [-0.3, -0.25) is 9.59 Å². The third kappa shape index (κ3) is 2.48. The van der Waals surface area contributed by atoms with Gasteiger partial charge >= 0.3 is 5.97 Å². The van der Waals surface area contributed by atoms with E-state index in [1.165, 1.54) is 23.8 Å². The SMILES string of the molecule is COC(=O)CN1C=CS[C@@H](C)C1=O. The van der Waals surface area contributed by atoms with Gasteiger partial charge in [-0.15, -0.1) is 11.8 Å². The first kappa shape index (κ1) is 10.1. The van der Waals surface area contributed by atoms with Crippen molar-refractivity contribution in [3.05, 3.63) is 11.6 Å². The number of carbonyl (C=O) groups is 2. The fourth-order valence-corrected chi connectivity index (χ4v) is 1.63. The minimum absolute atomic E-state index is 0.00324. The van der Waals surface area contributed by atoms with E-state index in [1.807, 2.05) is 0 Å². The van der Waals surface area contributed by atoms with E-state index in [9.17, 15) is 9.59 Å². The topological polar surface area (TPSA) is 46.6 Å². The zero-order valence-electron chi connectivity index (χ0n) is 7.52. The summed E-state index contributed by atoms with van der Waals surface area (Å²) in [6.07, 6.45) is 1.60. The van der Waals surface area contributed by atoms with E-state index in [1.54, 1.807) is 18.5 Å². The van der Waals surface area contributed by atoms with Crippen LogP contribution < -0.4 is 0 Å². The van der Waals surface area contributed by atoms with Gasteiger partial charge in [-0.25, -0.2) is 0 Å². The third-order valence-electron chi connectivity index (χ3n) is 1.68. The number of hydrogen-bond donors (Lipinski definition) is 0. The molecule has 1 aliphatic heterocycles. The predicted octanol–water partition coefficient (Wildman–Crippen LogP) is 0.594. The predicted molar refractivity (Wildman–Crippen MR) is 49.9 cm³/mol. The standard InChI is InChI=1S/C8H11NO3S/c1-6-8(11)9(3-4-13-6)5-7(10)12-2/h3-4,6H,5H2,1-2H3/t6-/m0/s1. The first-order valence-electron chi connectivity index (χ1n) is 3.84. The van der Waals surface area contributed by atoms with Crippen molar-refractivity contribution in [1.29, 1.82) is 0 Å². The molecule has 0 bridgehead atoms. The first-order valence-corrected chi connectivity index (χ1v) is 4.79. The Balaban J connectivity index is 2.59. The molecule has 0 radical (unpaired) electrons. The number of thioether (sulfide) groups is 1. The largest absolute Gasteiger partial charge is 0.468 e. The Kier molecular flexibility index (Phi) is 3.36. The minimum Gasteiger partial charge on any atom is -0.468 e. The zero-order valence-corrected chi connectivity index (χ0v) is 8.34. The lowest BCUT2D eigenvalue weighted by Gasteiger charge is -2.23. The molecule has 1 aliphatic rings. The molecule has 5 heteroatoms. The molecule has 0 fully saturated rings. The van der Waals surface area contributed by atoms with Crippen molar-refractivity contribution in [3.63, 3.8) is 0 Å². The molecule has 0 spiro atoms. The van der Waals surface area contributed by atoms with Crippen LogP contribution >= 0.6 is 11.8 Å². The Hall–Kier alpha value is -0.970. The molecule has 72 valence electrons. The average Bonchev–Trinajstić information content (AvgIpc) is 2.13. The average molecular weight is 201 g/mol. The summed E-state index contributed by atoms with van der Waals surface area (Å²) in [5.41, 5.74) is 0. The van der Waals surface area contributed by atoms with Gasteiger partial charge in [-0.2, -0.15) is 0 Å². The number of nitrogens with zero attached hydrogens (tertiary/aromatic N) is 1. The Morgan fingerprint density at radius 2 is 2.46 bits per heavy atom. The van der Waals surface area contributed by atoms with Crippen molar-refractivity contribution >= 4 is 23.6 Å². The Labute approximate surface area is 80.9 Å². The number of methoxy groups -OCH3 is 1. The number of rotatable bonds is 2. The van der Waals surface area contributed by atoms with Gasteiger partial charge in [-0.1, -0.05) is 0 Å². The van der Waals surface area contributed by atoms with E-state index in [0.717, 1.165) is 0 Å². The van der Waals surface area contributed by atoms with Crippen molar-refractivity contribution in [1.82, 2.24) is 4.90 Å². The minimum atomic E-state index is -0.405. The van der Waals surface area contributed by atoms with Crippen LogP contribution in [0.4, 0.5) is 0 Å². The van der Waals surface area contributed by atoms with Gasteiger partial charge in [0.15, 0.2) is 0 Å². The second-order valence-electron chi connectivity index (χ2n) is 2.61. The number of esters is 1. The van der Waals surface area contributed by atoms with Crippen LogP contribution in [0.3, 0.4) is 0 Å². The highest BCUT2D eigenvalue weighted by molar-refractivity contribution is 8.03. The van der Waals surface area contributed by atoms with Gasteiger partial charge in [0.1, 0.15) is 6.54 Å². The lowest BCUT2D eigenvalue weighted by Crippen LogP contribution is -2.38. The molecule has 1 atom stereocenters. The Bertz CT molecular complexity index is 252. The van der Waals surface area contributed by atoms with Gasteiger partial charge in [-0.05, 0) is 12.3 Å². The molecule has 0 N–H and O–H groups in total. The molecule has 0 aromatic rings. The summed E-state index contributed by atoms with van der Waals surface area (Å²) in [5, 5.41) is 1.68. The van der Waals surface area contributed by atoms with Crippen LogP contribution in [0, 0.1) is 0 Å². The summed E-state index contributed by atoms with van der Waals surface area (Å²) in [6, 6.07) is 0. The molecule has 4 nitrogen and oxygen atoms in total. The van der Waals surface area contributed by atoms with Crippen LogP contribution in [0.25, 0.3) is 0 Å². The Morgan fingerprint density at radius 1 is 1.77 bits per heavy atom. The molecular weight excluding hydrogens is 190 g/mol. The van der Waals surface area contributed by atoms with Crippen molar-refractivity contribution in [2.75, 3.05) is 13.7 Å². The molecule has 0 aromatic heterocycles. The van der Waals surface area contributed by atoms with Gasteiger partial charge in [0, 0.05) is 6.20 Å². The van der Waals surface area contributed by atoms with Crippen LogP contribution in [0.2, 0.25) is 0 Å². The maximum absolute atomic E-state index is 11.4. The normalized spacial score (nSPS) is 21.8. The van der Waals surface area contributed by atoms with Crippen molar-refractivity contribution in [3.8, 4) is 0 Å². The summed E-state index contributed by atoms with van der Waals surface area (Å²) >= 11 is 1.44. The maximum atomic E-state index is 11.4. The second-order valence-corrected chi connectivity index (χ2v) is 3.86. The molecule has 1 heterocycles. The molecule has 1 rings (SSSR count). The lowest BCUT2D eigenvalue weighted by atomic mass is 10.4. The smallest absolute Gasteiger partial charge is 0.325 e. The number of carbonyl (C=O) groups excluding carboxylic acids is 2. The number of ether oxygens (including phenoxy) is 1. The van der Waals surface area contributed by atoms with E-state index in [2.05, 4.69) is 4.74 Å². The zero-order chi connectivity index (χ0) is 9.84. The molecule has 0 aliphatic carbocycles. The summed E-state index contributed by atoms with van der Waals surface area (Å²) in [4.78, 5) is 23.7. The molecular formula is C8H11NO3S. The fourth-order valence-electron chi connectivity index (χ4n) is 0.926. The van der Waals surface area contributed by atoms with Crippen LogP contribution in [-0.2, 0) is 14.3 Å². The highest BCUT2D eigenvalue weighted by Gasteiger charge is 2.23. The highest BCUT2D eigenvalue weighted by atomic mass is 32.2. The summed E-state index contributed by atoms with van der Waals surface area (Å²) in [6.45, 7) is 1.80. The molecule has 0 saturated carbocycles. The van der Waals surface area contributed by atoms with Crippen molar-refractivity contribution in [2.24, 2.45) is 0 Å². The van der Waals surface area contributed by atoms with Gasteiger partial charge in [0.25, 0.3) is 0 Å². The van der Waals surface area contributed by atoms with Crippen molar-refractivity contribution < 1.29 is 14.3 Å². The van der Waals surface area contributed by atoms with Crippen molar-refractivity contribution in [2.45, 2.75) is 12.2 Å². The van der Waals surface area contributed by atoms with E-state index in [0.29, 0.717) is 0 Å². The number of amides is 1. The molecule has 0 saturated heterocycles. The van der Waals surface area contributed by atoms with Gasteiger partial charge in [0.05, 0.1) is 12.4 Å². The fraction of sp³-hybridized carbons (Fsp3) is 0.500. The third-order valence-corrected chi connectivity index (χ3v) is 2.57. The summed E-state index contributed by atoms with van der Waals surface area (Å²) < 4.78 is 4.46. The van der Waals surface area contributed by atoms with E-state index < -0.39 is 5.97 Å². The summed E-state index contributed by atoms with van der Waals surface area (Å²) in [7, 11) is 1.30. The van der Waals surface area contributed by atoms with E-state index >= 15 is 0 Å². The molecule has 0 aromatic carbocycles. The number of hydrogen-bond acceptors (Lipinski definition) is 4. The lowest BCUT2D eigenvalue weighted by molar-refractivity contribution is -0.145.